The summed E-state index contributed by atoms with van der Waals surface area (Å²) < 4.78 is 14.4. The van der Waals surface area contributed by atoms with Gasteiger partial charge >= 0.3 is 0 Å². The Morgan fingerprint density at radius 2 is 1.42 bits per heavy atom. The summed E-state index contributed by atoms with van der Waals surface area (Å²) in [7, 11) is 0. The lowest BCUT2D eigenvalue weighted by Gasteiger charge is -2.39. The van der Waals surface area contributed by atoms with E-state index in [4.69, 9.17) is 0 Å². The Bertz CT molecular complexity index is 2530. The van der Waals surface area contributed by atoms with Crippen molar-refractivity contribution in [1.29, 1.82) is 0 Å². The highest BCUT2D eigenvalue weighted by Gasteiger charge is 2.36. The van der Waals surface area contributed by atoms with E-state index >= 15 is 0 Å². The fourth-order valence-electron chi connectivity index (χ4n) is 8.89. The van der Waals surface area contributed by atoms with Gasteiger partial charge in [0.05, 0.1) is 11.6 Å². The van der Waals surface area contributed by atoms with Gasteiger partial charge in [-0.2, -0.15) is 0 Å². The fraction of sp³-hybridized carbons (Fsp3) is 0.174. The number of Topliss-reactive ketones (excluding diaryl/α,β-unsaturated/α-hetero) is 2. The molecule has 1 unspecified atom stereocenters. The van der Waals surface area contributed by atoms with Gasteiger partial charge in [-0.1, -0.05) is 72.8 Å². The maximum absolute atomic E-state index is 14.4. The number of carbonyl (C=O) groups is 2. The van der Waals surface area contributed by atoms with Crippen molar-refractivity contribution in [2.24, 2.45) is 0 Å². The van der Waals surface area contributed by atoms with Gasteiger partial charge in [0.1, 0.15) is 5.83 Å². The van der Waals surface area contributed by atoms with E-state index in [1.165, 1.54) is 44.1 Å². The molecule has 1 atom stereocenters. The summed E-state index contributed by atoms with van der Waals surface area (Å²) in [4.78, 5) is 29.7. The van der Waals surface area contributed by atoms with Gasteiger partial charge in [-0.15, -0.1) is 0 Å². The van der Waals surface area contributed by atoms with Gasteiger partial charge in [0.15, 0.2) is 11.6 Å². The summed E-state index contributed by atoms with van der Waals surface area (Å²) in [6, 6.07) is 31.4. The number of allylic oxidation sites excluding steroid dienone is 2. The van der Waals surface area contributed by atoms with Gasteiger partial charge < -0.3 is 4.90 Å². The van der Waals surface area contributed by atoms with E-state index in [1.54, 1.807) is 12.2 Å². The minimum atomic E-state index is -0.205. The molecular weight excluding hydrogens is 618 g/mol. The molecule has 5 aliphatic rings. The molecule has 0 aromatic heterocycles. The number of anilines is 1. The number of nitrogens with zero attached hydrogens (tertiary/aromatic N) is 1. The van der Waals surface area contributed by atoms with Crippen LogP contribution in [0, 0.1) is 0 Å². The third kappa shape index (κ3) is 4.62. The van der Waals surface area contributed by atoms with Crippen molar-refractivity contribution in [3.8, 4) is 0 Å². The normalized spacial score (nSPS) is 18.9. The van der Waals surface area contributed by atoms with Gasteiger partial charge in [-0.25, -0.2) is 4.39 Å². The van der Waals surface area contributed by atoms with Crippen LogP contribution in [0.5, 0.6) is 0 Å². The van der Waals surface area contributed by atoms with Crippen molar-refractivity contribution in [2.45, 2.75) is 51.0 Å². The molecule has 242 valence electrons. The van der Waals surface area contributed by atoms with E-state index in [9.17, 15) is 14.0 Å². The standard InChI is InChI=1S/C46H34FNO2/c47-37-17-16-32-26-44-34(21-36(32)22-37)15-14-33-20-35-18-27(19-41-45(49)39-23-29-7-1-2-8-30(29)24-40(39)46(41)50)12-13-31(35)25-43(33)48(44)42-11-5-9-28-6-3-4-10-38(28)42/h1-4,6-10,12-13,18-24,26,43H,5,11,14-17,25H2. The van der Waals surface area contributed by atoms with Crippen LogP contribution in [0.15, 0.2) is 108 Å². The van der Waals surface area contributed by atoms with Crippen LogP contribution in [0.3, 0.4) is 0 Å². The third-order valence-electron chi connectivity index (χ3n) is 11.4. The number of halogens is 1. The Morgan fingerprint density at radius 1 is 0.680 bits per heavy atom. The second-order valence-electron chi connectivity index (χ2n) is 14.3. The zero-order chi connectivity index (χ0) is 33.5. The molecule has 10 rings (SSSR count). The number of rotatable bonds is 2. The molecule has 0 saturated carbocycles. The molecular formula is C46H34FNO2. The molecule has 5 aromatic rings. The minimum Gasteiger partial charge on any atom is -0.337 e. The summed E-state index contributed by atoms with van der Waals surface area (Å²) in [5.41, 5.74) is 12.0. The molecule has 1 heterocycles. The van der Waals surface area contributed by atoms with E-state index in [0.717, 1.165) is 66.0 Å². The van der Waals surface area contributed by atoms with Crippen LogP contribution in [0.4, 0.5) is 10.1 Å². The predicted octanol–water partition coefficient (Wildman–Crippen LogP) is 8.70. The summed E-state index contributed by atoms with van der Waals surface area (Å²) in [6.45, 7) is 0. The Morgan fingerprint density at radius 3 is 2.24 bits per heavy atom. The Balaban J connectivity index is 1.07. The second-order valence-corrected chi connectivity index (χ2v) is 14.3. The van der Waals surface area contributed by atoms with Gasteiger partial charge in [-0.3, -0.25) is 9.59 Å². The van der Waals surface area contributed by atoms with Crippen LogP contribution < -0.4 is 15.3 Å². The SMILES string of the molecule is O=C1C(=Cc2ccc3c(c2)C=C2CCc4cc5c(cc4N(C4=c6ccccc6=CCC4)C2C3)CCC(F)=C5)C(=O)c2cc3ccccc3cc21. The molecule has 0 fully saturated rings. The van der Waals surface area contributed by atoms with Crippen LogP contribution in [-0.4, -0.2) is 17.6 Å². The zero-order valence-electron chi connectivity index (χ0n) is 27.6. The van der Waals surface area contributed by atoms with Crippen LogP contribution >= 0.6 is 0 Å². The second kappa shape index (κ2) is 11.2. The fourth-order valence-corrected chi connectivity index (χ4v) is 8.89. The van der Waals surface area contributed by atoms with Crippen molar-refractivity contribution in [1.82, 2.24) is 0 Å². The van der Waals surface area contributed by atoms with E-state index in [1.807, 2.05) is 36.4 Å². The van der Waals surface area contributed by atoms with Gasteiger partial charge in [0, 0.05) is 34.2 Å². The van der Waals surface area contributed by atoms with E-state index in [-0.39, 0.29) is 29.0 Å². The molecule has 3 nitrogen and oxygen atoms in total. The van der Waals surface area contributed by atoms with Gasteiger partial charge in [0.2, 0.25) is 0 Å². The number of carbonyl (C=O) groups excluding carboxylic acids is 2. The number of benzene rings is 5. The number of aryl methyl sites for hydroxylation is 2. The van der Waals surface area contributed by atoms with Crippen molar-refractivity contribution in [3.05, 3.63) is 163 Å². The topological polar surface area (TPSA) is 37.4 Å². The molecule has 4 aliphatic carbocycles. The van der Waals surface area contributed by atoms with Crippen LogP contribution in [0.25, 0.3) is 40.8 Å². The maximum atomic E-state index is 14.4. The van der Waals surface area contributed by atoms with Crippen molar-refractivity contribution >= 4 is 58.0 Å². The average Bonchev–Trinajstić information content (AvgIpc) is 3.26. The molecule has 0 N–H and O–H groups in total. The molecule has 1 aliphatic heterocycles. The molecule has 0 bridgehead atoms. The van der Waals surface area contributed by atoms with Gasteiger partial charge in [0.25, 0.3) is 0 Å². The molecule has 0 spiro atoms. The summed E-state index contributed by atoms with van der Waals surface area (Å²) in [5, 5.41) is 4.50. The van der Waals surface area contributed by atoms with E-state index in [2.05, 4.69) is 71.6 Å². The molecule has 0 amide bonds. The predicted molar refractivity (Wildman–Crippen MR) is 200 cm³/mol. The molecule has 0 saturated heterocycles. The molecule has 50 heavy (non-hydrogen) atoms. The smallest absolute Gasteiger partial charge is 0.197 e. The zero-order valence-corrected chi connectivity index (χ0v) is 27.6. The number of fused-ring (bicyclic) bond motifs is 7. The van der Waals surface area contributed by atoms with Crippen LogP contribution in [-0.2, 0) is 19.3 Å². The highest BCUT2D eigenvalue weighted by molar-refractivity contribution is 6.42. The number of hydrogen-bond acceptors (Lipinski definition) is 3. The Labute approximate surface area is 290 Å². The van der Waals surface area contributed by atoms with E-state index in [0.29, 0.717) is 17.5 Å². The summed E-state index contributed by atoms with van der Waals surface area (Å²) in [5.74, 6) is -0.447. The van der Waals surface area contributed by atoms with Crippen LogP contribution in [0.2, 0.25) is 0 Å². The van der Waals surface area contributed by atoms with Gasteiger partial charge in [-0.05, 0) is 136 Å². The highest BCUT2D eigenvalue weighted by Crippen LogP contribution is 2.43. The summed E-state index contributed by atoms with van der Waals surface area (Å²) >= 11 is 0. The first-order valence-electron chi connectivity index (χ1n) is 17.8. The first kappa shape index (κ1) is 29.3. The number of hydrogen-bond donors (Lipinski definition) is 0. The maximum Gasteiger partial charge on any atom is 0.197 e. The number of ketones is 2. The lowest BCUT2D eigenvalue weighted by Crippen LogP contribution is -2.44. The van der Waals surface area contributed by atoms with Crippen molar-refractivity contribution in [2.75, 3.05) is 4.90 Å². The first-order valence-corrected chi connectivity index (χ1v) is 17.8. The van der Waals surface area contributed by atoms with E-state index < -0.39 is 0 Å². The quantitative estimate of drug-likeness (QED) is 0.142. The first-order chi connectivity index (χ1) is 24.5. The Hall–Kier alpha value is -5.61. The minimum absolute atomic E-state index is 0.0371. The largest absolute Gasteiger partial charge is 0.337 e. The molecule has 4 heteroatoms. The highest BCUT2D eigenvalue weighted by atomic mass is 19.1. The summed E-state index contributed by atoms with van der Waals surface area (Å²) in [6.07, 6.45) is 14.0. The average molecular weight is 652 g/mol. The Kier molecular flexibility index (Phi) is 6.57. The molecule has 0 radical (unpaired) electrons. The van der Waals surface area contributed by atoms with Crippen molar-refractivity contribution in [3.63, 3.8) is 0 Å². The third-order valence-corrected chi connectivity index (χ3v) is 11.4. The van der Waals surface area contributed by atoms with Crippen molar-refractivity contribution < 1.29 is 14.0 Å². The lowest BCUT2D eigenvalue weighted by molar-refractivity contribution is 0.0990. The lowest BCUT2D eigenvalue weighted by atomic mass is 9.84. The monoisotopic (exact) mass is 651 g/mol. The molecule has 5 aromatic carbocycles. The van der Waals surface area contributed by atoms with Crippen LogP contribution in [0.1, 0.15) is 79.8 Å².